The van der Waals surface area contributed by atoms with Crippen LogP contribution in [0.15, 0.2) is 191 Å². The number of anilines is 3. The van der Waals surface area contributed by atoms with Gasteiger partial charge in [0.2, 0.25) is 0 Å². The van der Waals surface area contributed by atoms with Gasteiger partial charge in [-0.15, -0.1) is 0 Å². The molecule has 0 N–H and O–H groups in total. The summed E-state index contributed by atoms with van der Waals surface area (Å²) in [5, 5.41) is 4.41. The summed E-state index contributed by atoms with van der Waals surface area (Å²) < 4.78 is 13.1. The molecule has 0 radical (unpaired) electrons. The molecule has 0 bridgehead atoms. The lowest BCUT2D eigenvalue weighted by Crippen LogP contribution is -2.10. The number of benzene rings is 7. The van der Waals surface area contributed by atoms with E-state index in [4.69, 9.17) is 13.8 Å². The van der Waals surface area contributed by atoms with Crippen LogP contribution in [0, 0.1) is 0 Å². The predicted octanol–water partition coefficient (Wildman–Crippen LogP) is 13.4. The standard InChI is InChI=1S/C47H30N2O2/c1-3-13-34(14-4-1)49(35-15-5-2-6-16-35)36-25-26-43(48-30-36)33-28-31(37-19-11-21-41-39-17-7-9-23-44(39)50-46(37)41)27-32(29-33)38-20-12-22-42-40-18-8-10-24-45(40)51-47(38)42/h1-30H. The van der Waals surface area contributed by atoms with E-state index in [1.54, 1.807) is 0 Å². The van der Waals surface area contributed by atoms with Crippen LogP contribution in [-0.2, 0) is 0 Å². The van der Waals surface area contributed by atoms with Gasteiger partial charge in [0.25, 0.3) is 0 Å². The Morgan fingerprint density at radius 3 is 1.35 bits per heavy atom. The first kappa shape index (κ1) is 29.0. The van der Waals surface area contributed by atoms with Gasteiger partial charge in [0.1, 0.15) is 22.3 Å². The first-order valence-electron chi connectivity index (χ1n) is 17.1. The molecule has 10 rings (SSSR count). The molecule has 0 atom stereocenters. The second-order valence-corrected chi connectivity index (χ2v) is 12.8. The number of hydrogen-bond acceptors (Lipinski definition) is 4. The molecule has 0 saturated heterocycles. The molecule has 3 heterocycles. The van der Waals surface area contributed by atoms with E-state index in [-0.39, 0.29) is 0 Å². The van der Waals surface area contributed by atoms with Crippen molar-refractivity contribution >= 4 is 60.9 Å². The lowest BCUT2D eigenvalue weighted by Gasteiger charge is -2.25. The Balaban J connectivity index is 1.16. The molecular formula is C47H30N2O2. The summed E-state index contributed by atoms with van der Waals surface area (Å²) in [7, 11) is 0. The minimum Gasteiger partial charge on any atom is -0.455 e. The number of para-hydroxylation sites is 6. The molecule has 7 aromatic carbocycles. The molecule has 240 valence electrons. The average molecular weight is 655 g/mol. The van der Waals surface area contributed by atoms with Crippen LogP contribution in [0.25, 0.3) is 77.4 Å². The van der Waals surface area contributed by atoms with Gasteiger partial charge in [-0.2, -0.15) is 0 Å². The summed E-state index contributed by atoms with van der Waals surface area (Å²) in [6.45, 7) is 0. The van der Waals surface area contributed by atoms with E-state index in [0.29, 0.717) is 0 Å². The van der Waals surface area contributed by atoms with Crippen LogP contribution in [0.5, 0.6) is 0 Å². The quantitative estimate of drug-likeness (QED) is 0.179. The van der Waals surface area contributed by atoms with Crippen LogP contribution in [0.3, 0.4) is 0 Å². The monoisotopic (exact) mass is 654 g/mol. The Kier molecular flexibility index (Phi) is 6.78. The van der Waals surface area contributed by atoms with E-state index in [9.17, 15) is 0 Å². The summed E-state index contributed by atoms with van der Waals surface area (Å²) in [5.74, 6) is 0. The molecule has 4 heteroatoms. The van der Waals surface area contributed by atoms with Gasteiger partial charge in [0, 0.05) is 49.6 Å². The van der Waals surface area contributed by atoms with Gasteiger partial charge < -0.3 is 13.7 Å². The van der Waals surface area contributed by atoms with E-state index in [1.807, 2.05) is 42.6 Å². The zero-order valence-corrected chi connectivity index (χ0v) is 27.5. The van der Waals surface area contributed by atoms with Crippen molar-refractivity contribution in [1.29, 1.82) is 0 Å². The van der Waals surface area contributed by atoms with Crippen LogP contribution in [-0.4, -0.2) is 4.98 Å². The third kappa shape index (κ3) is 4.96. The van der Waals surface area contributed by atoms with Crippen molar-refractivity contribution in [2.24, 2.45) is 0 Å². The number of aromatic nitrogens is 1. The zero-order chi connectivity index (χ0) is 33.7. The molecule has 0 saturated carbocycles. The Hall–Kier alpha value is -6.91. The maximum absolute atomic E-state index is 6.53. The molecule has 10 aromatic rings. The summed E-state index contributed by atoms with van der Waals surface area (Å²) >= 11 is 0. The number of fused-ring (bicyclic) bond motifs is 6. The maximum atomic E-state index is 6.53. The molecule has 0 spiro atoms. The van der Waals surface area contributed by atoms with Crippen LogP contribution in [0.2, 0.25) is 0 Å². The van der Waals surface area contributed by atoms with Crippen LogP contribution in [0.1, 0.15) is 0 Å². The summed E-state index contributed by atoms with van der Waals surface area (Å²) in [6, 6.07) is 61.0. The highest BCUT2D eigenvalue weighted by Crippen LogP contribution is 2.42. The van der Waals surface area contributed by atoms with Gasteiger partial charge in [0.05, 0.1) is 17.6 Å². The maximum Gasteiger partial charge on any atom is 0.143 e. The first-order chi connectivity index (χ1) is 25.3. The van der Waals surface area contributed by atoms with E-state index in [2.05, 4.69) is 144 Å². The molecule has 0 aliphatic rings. The number of pyridine rings is 1. The van der Waals surface area contributed by atoms with Crippen molar-refractivity contribution in [2.75, 3.05) is 4.90 Å². The van der Waals surface area contributed by atoms with Gasteiger partial charge in [-0.3, -0.25) is 4.98 Å². The fraction of sp³-hybridized carbons (Fsp3) is 0. The summed E-state index contributed by atoms with van der Waals surface area (Å²) in [4.78, 5) is 7.32. The second-order valence-electron chi connectivity index (χ2n) is 12.8. The lowest BCUT2D eigenvalue weighted by molar-refractivity contribution is 0.670. The summed E-state index contributed by atoms with van der Waals surface area (Å²) in [5.41, 5.74) is 12.6. The molecule has 0 unspecified atom stereocenters. The summed E-state index contributed by atoms with van der Waals surface area (Å²) in [6.07, 6.45) is 1.96. The molecule has 0 aliphatic heterocycles. The predicted molar refractivity (Wildman–Crippen MR) is 210 cm³/mol. The van der Waals surface area contributed by atoms with Crippen LogP contribution in [0.4, 0.5) is 17.1 Å². The van der Waals surface area contributed by atoms with Gasteiger partial charge in [0.15, 0.2) is 0 Å². The van der Waals surface area contributed by atoms with Crippen molar-refractivity contribution in [3.05, 3.63) is 182 Å². The first-order valence-corrected chi connectivity index (χ1v) is 17.1. The smallest absolute Gasteiger partial charge is 0.143 e. The second kappa shape index (κ2) is 11.9. The van der Waals surface area contributed by atoms with Gasteiger partial charge in [-0.05, 0) is 77.9 Å². The van der Waals surface area contributed by atoms with Crippen molar-refractivity contribution < 1.29 is 8.83 Å². The highest BCUT2D eigenvalue weighted by Gasteiger charge is 2.18. The average Bonchev–Trinajstić information content (AvgIpc) is 3.78. The van der Waals surface area contributed by atoms with E-state index < -0.39 is 0 Å². The van der Waals surface area contributed by atoms with Gasteiger partial charge in [-0.1, -0.05) is 109 Å². The number of furan rings is 2. The molecule has 0 amide bonds. The van der Waals surface area contributed by atoms with Crippen molar-refractivity contribution in [1.82, 2.24) is 4.98 Å². The lowest BCUT2D eigenvalue weighted by atomic mass is 9.93. The number of rotatable bonds is 6. The number of nitrogens with zero attached hydrogens (tertiary/aromatic N) is 2. The molecule has 3 aromatic heterocycles. The minimum absolute atomic E-state index is 0.869. The number of hydrogen-bond donors (Lipinski definition) is 0. The van der Waals surface area contributed by atoms with Crippen LogP contribution < -0.4 is 4.90 Å². The van der Waals surface area contributed by atoms with E-state index in [1.165, 1.54) is 0 Å². The molecule has 4 nitrogen and oxygen atoms in total. The van der Waals surface area contributed by atoms with Gasteiger partial charge >= 0.3 is 0 Å². The van der Waals surface area contributed by atoms with Gasteiger partial charge in [-0.25, -0.2) is 0 Å². The SMILES string of the molecule is c1ccc(N(c2ccccc2)c2ccc(-c3cc(-c4cccc5c4oc4ccccc45)cc(-c4cccc5c4oc4ccccc45)c3)nc2)cc1. The molecule has 0 fully saturated rings. The van der Waals surface area contributed by atoms with E-state index in [0.717, 1.165) is 94.5 Å². The fourth-order valence-corrected chi connectivity index (χ4v) is 7.33. The largest absolute Gasteiger partial charge is 0.455 e. The highest BCUT2D eigenvalue weighted by molar-refractivity contribution is 6.11. The Morgan fingerprint density at radius 2 is 0.843 bits per heavy atom. The van der Waals surface area contributed by atoms with Crippen molar-refractivity contribution in [2.45, 2.75) is 0 Å². The molecular weight excluding hydrogens is 625 g/mol. The van der Waals surface area contributed by atoms with Crippen molar-refractivity contribution in [3.63, 3.8) is 0 Å². The molecule has 51 heavy (non-hydrogen) atoms. The minimum atomic E-state index is 0.869. The molecule has 0 aliphatic carbocycles. The topological polar surface area (TPSA) is 42.4 Å². The van der Waals surface area contributed by atoms with E-state index >= 15 is 0 Å². The third-order valence-corrected chi connectivity index (χ3v) is 9.69. The normalized spacial score (nSPS) is 11.5. The Morgan fingerprint density at radius 1 is 0.373 bits per heavy atom. The zero-order valence-electron chi connectivity index (χ0n) is 27.5. The van der Waals surface area contributed by atoms with Crippen molar-refractivity contribution in [3.8, 4) is 33.5 Å². The van der Waals surface area contributed by atoms with Crippen LogP contribution >= 0.6 is 0 Å². The fourth-order valence-electron chi connectivity index (χ4n) is 7.33. The highest BCUT2D eigenvalue weighted by atomic mass is 16.3. The Bertz CT molecular complexity index is 2680. The Labute approximate surface area is 294 Å². The third-order valence-electron chi connectivity index (χ3n) is 9.69.